The van der Waals surface area contributed by atoms with E-state index in [1.165, 1.54) is 5.56 Å². The van der Waals surface area contributed by atoms with Gasteiger partial charge in [-0.2, -0.15) is 0 Å². The van der Waals surface area contributed by atoms with Crippen LogP contribution in [0.25, 0.3) is 0 Å². The number of nitrogens with zero attached hydrogens (tertiary/aromatic N) is 1. The molecular weight excluding hydrogens is 358 g/mol. The lowest BCUT2D eigenvalue weighted by Gasteiger charge is -2.35. The van der Waals surface area contributed by atoms with Gasteiger partial charge in [-0.1, -0.05) is 44.2 Å². The molecule has 158 valence electrons. The van der Waals surface area contributed by atoms with E-state index in [2.05, 4.69) is 62.5 Å². The Morgan fingerprint density at radius 2 is 1.76 bits per heavy atom. The number of aryl methyl sites for hydroxylation is 2. The summed E-state index contributed by atoms with van der Waals surface area (Å²) in [6, 6.07) is 14.4. The predicted octanol–water partition coefficient (Wildman–Crippen LogP) is 4.66. The number of carbonyl (C=O) groups excluding carboxylic acids is 1. The molecule has 0 fully saturated rings. The minimum absolute atomic E-state index is 0.0578. The molecule has 0 spiro atoms. The summed E-state index contributed by atoms with van der Waals surface area (Å²) in [7, 11) is 4.24. The minimum Gasteiger partial charge on any atom is -0.322 e. The quantitative estimate of drug-likeness (QED) is 0.649. The van der Waals surface area contributed by atoms with E-state index >= 15 is 0 Å². The topological polar surface area (TPSA) is 44.4 Å². The van der Waals surface area contributed by atoms with Crippen LogP contribution in [0.4, 0.5) is 5.69 Å². The smallest absolute Gasteiger partial charge is 0.255 e. The molecule has 2 aromatic carbocycles. The maximum atomic E-state index is 12.6. The first kappa shape index (κ1) is 23.1. The van der Waals surface area contributed by atoms with Crippen LogP contribution in [0, 0.1) is 19.3 Å². The van der Waals surface area contributed by atoms with Gasteiger partial charge in [0.1, 0.15) is 0 Å². The number of benzene rings is 2. The molecule has 0 aliphatic heterocycles. The van der Waals surface area contributed by atoms with E-state index in [1.807, 2.05) is 44.2 Å². The Morgan fingerprint density at radius 1 is 1.07 bits per heavy atom. The van der Waals surface area contributed by atoms with Crippen LogP contribution in [0.2, 0.25) is 0 Å². The summed E-state index contributed by atoms with van der Waals surface area (Å²) < 4.78 is 0. The molecule has 1 amide bonds. The molecular formula is C25H37N3O. The van der Waals surface area contributed by atoms with E-state index < -0.39 is 0 Å². The molecule has 29 heavy (non-hydrogen) atoms. The van der Waals surface area contributed by atoms with E-state index in [1.54, 1.807) is 0 Å². The van der Waals surface area contributed by atoms with E-state index in [0.29, 0.717) is 6.04 Å². The van der Waals surface area contributed by atoms with Crippen LogP contribution < -0.4 is 10.6 Å². The molecule has 1 unspecified atom stereocenters. The lowest BCUT2D eigenvalue weighted by atomic mass is 9.85. The second-order valence-electron chi connectivity index (χ2n) is 9.07. The van der Waals surface area contributed by atoms with Gasteiger partial charge in [0, 0.05) is 23.8 Å². The summed E-state index contributed by atoms with van der Waals surface area (Å²) in [5, 5.41) is 6.72. The minimum atomic E-state index is -0.0578. The van der Waals surface area contributed by atoms with Crippen molar-refractivity contribution < 1.29 is 4.79 Å². The van der Waals surface area contributed by atoms with Gasteiger partial charge in [-0.05, 0) is 82.1 Å². The third kappa shape index (κ3) is 6.69. The molecule has 0 saturated heterocycles. The van der Waals surface area contributed by atoms with Gasteiger partial charge in [0.05, 0.1) is 0 Å². The first-order valence-corrected chi connectivity index (χ1v) is 10.4. The molecule has 1 atom stereocenters. The Balaban J connectivity index is 1.93. The molecule has 0 aliphatic rings. The molecule has 0 aliphatic carbocycles. The molecule has 0 heterocycles. The average Bonchev–Trinajstić information content (AvgIpc) is 2.63. The third-order valence-electron chi connectivity index (χ3n) is 5.69. The highest BCUT2D eigenvalue weighted by Gasteiger charge is 2.25. The molecule has 0 aromatic heterocycles. The number of carbonyl (C=O) groups is 1. The summed E-state index contributed by atoms with van der Waals surface area (Å²) in [5.74, 6) is -0.0578. The molecule has 2 aromatic rings. The number of anilines is 1. The van der Waals surface area contributed by atoms with E-state index in [9.17, 15) is 4.79 Å². The Morgan fingerprint density at radius 3 is 2.38 bits per heavy atom. The molecule has 0 saturated carbocycles. The molecule has 2 N–H and O–H groups in total. The second kappa shape index (κ2) is 10.0. The fourth-order valence-electron chi connectivity index (χ4n) is 3.70. The molecule has 4 nitrogen and oxygen atoms in total. The van der Waals surface area contributed by atoms with Crippen LogP contribution in [0.3, 0.4) is 0 Å². The van der Waals surface area contributed by atoms with Gasteiger partial charge < -0.3 is 15.5 Å². The van der Waals surface area contributed by atoms with Crippen LogP contribution in [-0.4, -0.2) is 44.0 Å². The zero-order chi connectivity index (χ0) is 21.6. The van der Waals surface area contributed by atoms with Gasteiger partial charge in [0.15, 0.2) is 0 Å². The predicted molar refractivity (Wildman–Crippen MR) is 124 cm³/mol. The van der Waals surface area contributed by atoms with E-state index in [-0.39, 0.29) is 11.3 Å². The van der Waals surface area contributed by atoms with Crippen molar-refractivity contribution in [2.24, 2.45) is 5.41 Å². The third-order valence-corrected chi connectivity index (χ3v) is 5.69. The lowest BCUT2D eigenvalue weighted by Crippen LogP contribution is -2.45. The first-order chi connectivity index (χ1) is 13.6. The molecule has 2 rings (SSSR count). The van der Waals surface area contributed by atoms with Crippen LogP contribution in [0.5, 0.6) is 0 Å². The van der Waals surface area contributed by atoms with Crippen molar-refractivity contribution in [2.75, 3.05) is 32.5 Å². The highest BCUT2D eigenvalue weighted by molar-refractivity contribution is 6.05. The first-order valence-electron chi connectivity index (χ1n) is 10.4. The normalized spacial score (nSPS) is 12.8. The molecule has 0 bridgehead atoms. The maximum absolute atomic E-state index is 12.6. The number of nitrogens with one attached hydrogen (secondary N) is 2. The van der Waals surface area contributed by atoms with Gasteiger partial charge in [-0.15, -0.1) is 0 Å². The Kier molecular flexibility index (Phi) is 8.00. The zero-order valence-corrected chi connectivity index (χ0v) is 19.1. The van der Waals surface area contributed by atoms with Crippen molar-refractivity contribution in [3.05, 3.63) is 64.7 Å². The van der Waals surface area contributed by atoms with Crippen molar-refractivity contribution in [3.8, 4) is 0 Å². The standard InChI is InChI=1S/C25H37N3O/c1-18-10-8-9-11-22(18)24(29)27-23-13-12-21(16-19(23)2)14-15-26-20(3)25(4,5)17-28(6)7/h8-13,16,20,26H,14-15,17H2,1-7H3,(H,27,29). The van der Waals surface area contributed by atoms with Crippen molar-refractivity contribution in [2.45, 2.75) is 47.1 Å². The summed E-state index contributed by atoms with van der Waals surface area (Å²) in [6.45, 7) is 12.9. The van der Waals surface area contributed by atoms with Gasteiger partial charge >= 0.3 is 0 Å². The second-order valence-corrected chi connectivity index (χ2v) is 9.07. The van der Waals surface area contributed by atoms with Crippen molar-refractivity contribution in [3.63, 3.8) is 0 Å². The van der Waals surface area contributed by atoms with Crippen molar-refractivity contribution in [1.82, 2.24) is 10.2 Å². The Bertz CT molecular complexity index is 827. The van der Waals surface area contributed by atoms with Gasteiger partial charge in [0.2, 0.25) is 0 Å². The fourth-order valence-corrected chi connectivity index (χ4v) is 3.70. The van der Waals surface area contributed by atoms with Gasteiger partial charge in [-0.25, -0.2) is 0 Å². The summed E-state index contributed by atoms with van der Waals surface area (Å²) in [5.41, 5.74) is 5.15. The fraction of sp³-hybridized carbons (Fsp3) is 0.480. The van der Waals surface area contributed by atoms with E-state index in [4.69, 9.17) is 0 Å². The van der Waals surface area contributed by atoms with Gasteiger partial charge in [-0.3, -0.25) is 4.79 Å². The number of hydrogen-bond acceptors (Lipinski definition) is 3. The van der Waals surface area contributed by atoms with Gasteiger partial charge in [0.25, 0.3) is 5.91 Å². The SMILES string of the molecule is Cc1cc(CCNC(C)C(C)(C)CN(C)C)ccc1NC(=O)c1ccccc1C. The number of hydrogen-bond donors (Lipinski definition) is 2. The van der Waals surface area contributed by atoms with Crippen LogP contribution in [-0.2, 0) is 6.42 Å². The Labute approximate surface area is 176 Å². The summed E-state index contributed by atoms with van der Waals surface area (Å²) in [6.07, 6.45) is 0.968. The molecule has 0 radical (unpaired) electrons. The van der Waals surface area contributed by atoms with Crippen molar-refractivity contribution in [1.29, 1.82) is 0 Å². The maximum Gasteiger partial charge on any atom is 0.255 e. The molecule has 4 heteroatoms. The lowest BCUT2D eigenvalue weighted by molar-refractivity contribution is 0.102. The van der Waals surface area contributed by atoms with Crippen molar-refractivity contribution >= 4 is 11.6 Å². The monoisotopic (exact) mass is 395 g/mol. The zero-order valence-electron chi connectivity index (χ0n) is 19.1. The largest absolute Gasteiger partial charge is 0.322 e. The summed E-state index contributed by atoms with van der Waals surface area (Å²) >= 11 is 0. The highest BCUT2D eigenvalue weighted by atomic mass is 16.1. The number of rotatable bonds is 9. The van der Waals surface area contributed by atoms with Crippen LogP contribution in [0.1, 0.15) is 47.8 Å². The summed E-state index contributed by atoms with van der Waals surface area (Å²) in [4.78, 5) is 14.8. The van der Waals surface area contributed by atoms with Crippen LogP contribution in [0.15, 0.2) is 42.5 Å². The highest BCUT2D eigenvalue weighted by Crippen LogP contribution is 2.22. The average molecular weight is 396 g/mol. The Hall–Kier alpha value is -2.17. The van der Waals surface area contributed by atoms with E-state index in [0.717, 1.165) is 41.9 Å². The van der Waals surface area contributed by atoms with Crippen LogP contribution >= 0.6 is 0 Å². The number of amides is 1.